The number of halogens is 2. The highest BCUT2D eigenvalue weighted by Crippen LogP contribution is 2.33. The molecule has 0 N–H and O–H groups in total. The Morgan fingerprint density at radius 2 is 2.37 bits per heavy atom. The highest BCUT2D eigenvalue weighted by Gasteiger charge is 2.35. The van der Waals surface area contributed by atoms with Gasteiger partial charge in [-0.3, -0.25) is 0 Å². The number of alkyl halides is 1. The van der Waals surface area contributed by atoms with Gasteiger partial charge in [0.2, 0.25) is 0 Å². The van der Waals surface area contributed by atoms with Gasteiger partial charge in [0, 0.05) is 18.9 Å². The zero-order valence-electron chi connectivity index (χ0n) is 10.8. The number of aryl methyl sites for hydroxylation is 1. The van der Waals surface area contributed by atoms with Crippen LogP contribution in [-0.2, 0) is 16.7 Å². The van der Waals surface area contributed by atoms with E-state index in [0.717, 1.165) is 24.4 Å². The fourth-order valence-electron chi connectivity index (χ4n) is 2.80. The highest BCUT2D eigenvalue weighted by atomic mass is 35.5. The molecule has 19 heavy (non-hydrogen) atoms. The van der Waals surface area contributed by atoms with Crippen molar-refractivity contribution in [3.8, 4) is 0 Å². The smallest absolute Gasteiger partial charge is 0.151 e. The molecule has 0 spiro atoms. The van der Waals surface area contributed by atoms with Gasteiger partial charge in [0.05, 0.1) is 17.7 Å². The van der Waals surface area contributed by atoms with Crippen LogP contribution in [0.3, 0.4) is 0 Å². The summed E-state index contributed by atoms with van der Waals surface area (Å²) >= 11 is 5.85. The van der Waals surface area contributed by atoms with E-state index >= 15 is 0 Å². The van der Waals surface area contributed by atoms with Crippen molar-refractivity contribution in [3.05, 3.63) is 29.8 Å². The molecule has 1 saturated heterocycles. The largest absolute Gasteiger partial charge is 0.379 e. The number of para-hydroxylation sites is 1. The Kier molecular flexibility index (Phi) is 3.23. The third-order valence-electron chi connectivity index (χ3n) is 3.76. The van der Waals surface area contributed by atoms with Gasteiger partial charge in [-0.1, -0.05) is 6.07 Å². The topological polar surface area (TPSA) is 27.1 Å². The molecule has 0 radical (unpaired) electrons. The van der Waals surface area contributed by atoms with Gasteiger partial charge in [-0.25, -0.2) is 9.37 Å². The maximum absolute atomic E-state index is 13.9. The van der Waals surface area contributed by atoms with E-state index in [1.54, 1.807) is 6.07 Å². The van der Waals surface area contributed by atoms with Gasteiger partial charge >= 0.3 is 0 Å². The lowest BCUT2D eigenvalue weighted by Crippen LogP contribution is -2.32. The lowest BCUT2D eigenvalue weighted by Gasteiger charge is -2.27. The van der Waals surface area contributed by atoms with Crippen LogP contribution in [0.1, 0.15) is 19.2 Å². The molecule has 1 aromatic carbocycles. The lowest BCUT2D eigenvalue weighted by molar-refractivity contribution is 0.162. The Balaban J connectivity index is 2.25. The normalized spacial score (nSPS) is 23.3. The van der Waals surface area contributed by atoms with E-state index in [1.165, 1.54) is 6.07 Å². The van der Waals surface area contributed by atoms with Gasteiger partial charge < -0.3 is 9.30 Å². The van der Waals surface area contributed by atoms with Gasteiger partial charge in [-0.2, -0.15) is 0 Å². The number of hydrogen-bond donors (Lipinski definition) is 0. The SMILES string of the molecule is CC1(n2c(CCCl)nc3c(F)cccc32)CCOC1. The Hall–Kier alpha value is -1.13. The zero-order valence-corrected chi connectivity index (χ0v) is 11.6. The van der Waals surface area contributed by atoms with Crippen molar-refractivity contribution in [1.29, 1.82) is 0 Å². The van der Waals surface area contributed by atoms with E-state index in [-0.39, 0.29) is 11.4 Å². The summed E-state index contributed by atoms with van der Waals surface area (Å²) < 4.78 is 21.5. The summed E-state index contributed by atoms with van der Waals surface area (Å²) in [7, 11) is 0. The van der Waals surface area contributed by atoms with Crippen LogP contribution >= 0.6 is 11.6 Å². The molecule has 0 amide bonds. The molecule has 1 aliphatic rings. The molecule has 102 valence electrons. The molecule has 2 aromatic rings. The number of ether oxygens (including phenoxy) is 1. The van der Waals surface area contributed by atoms with Crippen LogP contribution in [0.4, 0.5) is 4.39 Å². The average Bonchev–Trinajstić information content (AvgIpc) is 2.95. The van der Waals surface area contributed by atoms with Crippen molar-refractivity contribution < 1.29 is 9.13 Å². The molecule has 3 rings (SSSR count). The van der Waals surface area contributed by atoms with Crippen LogP contribution in [0.25, 0.3) is 11.0 Å². The molecule has 2 heterocycles. The van der Waals surface area contributed by atoms with Crippen molar-refractivity contribution in [2.24, 2.45) is 0 Å². The Bertz CT molecular complexity index is 605. The number of benzene rings is 1. The Labute approximate surface area is 116 Å². The summed E-state index contributed by atoms with van der Waals surface area (Å²) in [4.78, 5) is 4.44. The van der Waals surface area contributed by atoms with Gasteiger partial charge in [0.25, 0.3) is 0 Å². The predicted molar refractivity (Wildman–Crippen MR) is 73.2 cm³/mol. The predicted octanol–water partition coefficient (Wildman–Crippen LogP) is 3.09. The van der Waals surface area contributed by atoms with Crippen LogP contribution < -0.4 is 0 Å². The molecule has 1 atom stereocenters. The van der Waals surface area contributed by atoms with E-state index in [4.69, 9.17) is 16.3 Å². The first kappa shape index (κ1) is 12.9. The van der Waals surface area contributed by atoms with E-state index in [0.29, 0.717) is 24.4 Å². The van der Waals surface area contributed by atoms with Crippen molar-refractivity contribution >= 4 is 22.6 Å². The summed E-state index contributed by atoms with van der Waals surface area (Å²) in [6.07, 6.45) is 1.54. The first-order chi connectivity index (χ1) is 9.15. The molecule has 0 saturated carbocycles. The quantitative estimate of drug-likeness (QED) is 0.809. The summed E-state index contributed by atoms with van der Waals surface area (Å²) in [6, 6.07) is 5.07. The minimum absolute atomic E-state index is 0.163. The standard InChI is InChI=1S/C14H16ClFN2O/c1-14(6-8-19-9-14)18-11-4-2-3-10(16)13(11)17-12(18)5-7-15/h2-4H,5-9H2,1H3. The molecular formula is C14H16ClFN2O. The van der Waals surface area contributed by atoms with Crippen LogP contribution in [0.2, 0.25) is 0 Å². The van der Waals surface area contributed by atoms with Crippen LogP contribution in [-0.4, -0.2) is 28.6 Å². The summed E-state index contributed by atoms with van der Waals surface area (Å²) in [5.74, 6) is 1.03. The first-order valence-corrected chi connectivity index (χ1v) is 6.99. The summed E-state index contributed by atoms with van der Waals surface area (Å²) in [6.45, 7) is 3.49. The third kappa shape index (κ3) is 2.03. The molecule has 1 unspecified atom stereocenters. The van der Waals surface area contributed by atoms with E-state index in [2.05, 4.69) is 16.5 Å². The van der Waals surface area contributed by atoms with Crippen molar-refractivity contribution in [2.45, 2.75) is 25.3 Å². The molecule has 1 aromatic heterocycles. The third-order valence-corrected chi connectivity index (χ3v) is 3.95. The molecule has 5 heteroatoms. The van der Waals surface area contributed by atoms with E-state index in [9.17, 15) is 4.39 Å². The zero-order chi connectivity index (χ0) is 13.5. The molecule has 0 bridgehead atoms. The van der Waals surface area contributed by atoms with E-state index in [1.807, 2.05) is 6.07 Å². The molecule has 1 fully saturated rings. The lowest BCUT2D eigenvalue weighted by atomic mass is 10.0. The maximum Gasteiger partial charge on any atom is 0.151 e. The van der Waals surface area contributed by atoms with Crippen LogP contribution in [0.15, 0.2) is 18.2 Å². The second kappa shape index (κ2) is 4.76. The number of fused-ring (bicyclic) bond motifs is 1. The van der Waals surface area contributed by atoms with Gasteiger partial charge in [-0.05, 0) is 25.5 Å². The number of aromatic nitrogens is 2. The van der Waals surface area contributed by atoms with Gasteiger partial charge in [-0.15, -0.1) is 11.6 Å². The number of hydrogen-bond acceptors (Lipinski definition) is 2. The number of nitrogens with zero attached hydrogens (tertiary/aromatic N) is 2. The number of rotatable bonds is 3. The minimum atomic E-state index is -0.283. The summed E-state index contributed by atoms with van der Waals surface area (Å²) in [5, 5.41) is 0. The first-order valence-electron chi connectivity index (χ1n) is 6.46. The van der Waals surface area contributed by atoms with Crippen molar-refractivity contribution in [2.75, 3.05) is 19.1 Å². The average molecular weight is 283 g/mol. The fraction of sp³-hybridized carbons (Fsp3) is 0.500. The van der Waals surface area contributed by atoms with Crippen LogP contribution in [0, 0.1) is 5.82 Å². The van der Waals surface area contributed by atoms with Crippen molar-refractivity contribution in [3.63, 3.8) is 0 Å². The second-order valence-corrected chi connectivity index (χ2v) is 5.59. The van der Waals surface area contributed by atoms with Gasteiger partial charge in [0.1, 0.15) is 11.3 Å². The summed E-state index contributed by atoms with van der Waals surface area (Å²) in [5.41, 5.74) is 1.09. The Morgan fingerprint density at radius 3 is 3.05 bits per heavy atom. The van der Waals surface area contributed by atoms with Crippen molar-refractivity contribution in [1.82, 2.24) is 9.55 Å². The molecule has 0 aliphatic carbocycles. The fourth-order valence-corrected chi connectivity index (χ4v) is 2.97. The Morgan fingerprint density at radius 1 is 1.53 bits per heavy atom. The molecule has 1 aliphatic heterocycles. The number of imidazole rings is 1. The minimum Gasteiger partial charge on any atom is -0.379 e. The highest BCUT2D eigenvalue weighted by molar-refractivity contribution is 6.17. The monoisotopic (exact) mass is 282 g/mol. The molecular weight excluding hydrogens is 267 g/mol. The van der Waals surface area contributed by atoms with Crippen LogP contribution in [0.5, 0.6) is 0 Å². The second-order valence-electron chi connectivity index (χ2n) is 5.21. The molecule has 3 nitrogen and oxygen atoms in total. The van der Waals surface area contributed by atoms with Gasteiger partial charge in [0.15, 0.2) is 5.82 Å². The maximum atomic E-state index is 13.9. The van der Waals surface area contributed by atoms with E-state index < -0.39 is 0 Å².